The van der Waals surface area contributed by atoms with E-state index in [1.807, 2.05) is 29.2 Å². The first-order chi connectivity index (χ1) is 17.0. The summed E-state index contributed by atoms with van der Waals surface area (Å²) < 4.78 is 14.6. The minimum atomic E-state index is -0.531. The molecule has 0 spiro atoms. The van der Waals surface area contributed by atoms with Crippen LogP contribution in [0.2, 0.25) is 5.02 Å². The van der Waals surface area contributed by atoms with E-state index in [4.69, 9.17) is 11.6 Å². The van der Waals surface area contributed by atoms with E-state index in [-0.39, 0.29) is 17.6 Å². The van der Waals surface area contributed by atoms with E-state index in [2.05, 4.69) is 30.6 Å². The van der Waals surface area contributed by atoms with Crippen molar-refractivity contribution in [2.24, 2.45) is 5.92 Å². The highest BCUT2D eigenvalue weighted by atomic mass is 35.5. The first-order valence-electron chi connectivity index (χ1n) is 11.5. The van der Waals surface area contributed by atoms with E-state index >= 15 is 0 Å². The van der Waals surface area contributed by atoms with E-state index in [0.717, 1.165) is 30.1 Å². The first kappa shape index (κ1) is 23.0. The quantitative estimate of drug-likeness (QED) is 0.356. The van der Waals surface area contributed by atoms with Crippen LogP contribution >= 0.6 is 11.6 Å². The molecule has 0 bridgehead atoms. The van der Waals surface area contributed by atoms with Crippen molar-refractivity contribution < 1.29 is 9.18 Å². The van der Waals surface area contributed by atoms with Crippen molar-refractivity contribution >= 4 is 40.0 Å². The molecule has 35 heavy (non-hydrogen) atoms. The summed E-state index contributed by atoms with van der Waals surface area (Å²) >= 11 is 6.10. The number of piperidine rings is 1. The van der Waals surface area contributed by atoms with Gasteiger partial charge < -0.3 is 20.5 Å². The van der Waals surface area contributed by atoms with Crippen molar-refractivity contribution in [1.29, 1.82) is 0 Å². The molecule has 3 N–H and O–H groups in total. The van der Waals surface area contributed by atoms with Gasteiger partial charge in [0.25, 0.3) is 5.91 Å². The van der Waals surface area contributed by atoms with E-state index in [9.17, 15) is 9.18 Å². The zero-order valence-corrected chi connectivity index (χ0v) is 19.9. The van der Waals surface area contributed by atoms with Gasteiger partial charge in [0.15, 0.2) is 17.5 Å². The SMILES string of the molecule is CNc1ccccc1C(=O)N1CCCC(CNc2nc(-c3c[nH]c4ncc(Cl)cc34)ncc2F)C1. The molecular weight excluding hydrogens is 469 g/mol. The van der Waals surface area contributed by atoms with Crippen molar-refractivity contribution in [1.82, 2.24) is 24.8 Å². The summed E-state index contributed by atoms with van der Waals surface area (Å²) in [5.74, 6) is 0.137. The highest BCUT2D eigenvalue weighted by Gasteiger charge is 2.26. The van der Waals surface area contributed by atoms with Crippen LogP contribution in [0.15, 0.2) is 48.9 Å². The van der Waals surface area contributed by atoms with Gasteiger partial charge in [-0.15, -0.1) is 0 Å². The molecule has 1 atom stereocenters. The fourth-order valence-corrected chi connectivity index (χ4v) is 4.66. The number of anilines is 2. The topological polar surface area (TPSA) is 98.8 Å². The second-order valence-corrected chi connectivity index (χ2v) is 9.01. The number of nitrogens with zero attached hydrogens (tertiary/aromatic N) is 4. The van der Waals surface area contributed by atoms with Crippen LogP contribution in [0.4, 0.5) is 15.9 Å². The number of aromatic nitrogens is 4. The molecule has 1 amide bonds. The second kappa shape index (κ2) is 9.87. The number of amides is 1. The molecule has 4 aromatic rings. The maximum atomic E-state index is 14.6. The lowest BCUT2D eigenvalue weighted by molar-refractivity contribution is 0.0681. The maximum absolute atomic E-state index is 14.6. The number of rotatable bonds is 6. The molecule has 1 saturated heterocycles. The number of halogens is 2. The van der Waals surface area contributed by atoms with E-state index < -0.39 is 5.82 Å². The minimum absolute atomic E-state index is 0.00163. The first-order valence-corrected chi connectivity index (χ1v) is 11.9. The third-order valence-electron chi connectivity index (χ3n) is 6.27. The number of benzene rings is 1. The second-order valence-electron chi connectivity index (χ2n) is 8.58. The molecule has 5 rings (SSSR count). The van der Waals surface area contributed by atoms with Crippen LogP contribution in [0.3, 0.4) is 0 Å². The molecule has 8 nitrogen and oxygen atoms in total. The molecule has 1 fully saturated rings. The molecule has 3 aromatic heterocycles. The van der Waals surface area contributed by atoms with E-state index in [1.54, 1.807) is 25.5 Å². The van der Waals surface area contributed by atoms with Crippen LogP contribution in [0.1, 0.15) is 23.2 Å². The van der Waals surface area contributed by atoms with E-state index in [0.29, 0.717) is 47.3 Å². The Morgan fingerprint density at radius 3 is 3.00 bits per heavy atom. The highest BCUT2D eigenvalue weighted by molar-refractivity contribution is 6.31. The average molecular weight is 494 g/mol. The summed E-state index contributed by atoms with van der Waals surface area (Å²) in [5, 5.41) is 7.47. The summed E-state index contributed by atoms with van der Waals surface area (Å²) in [5.41, 5.74) is 2.81. The maximum Gasteiger partial charge on any atom is 0.255 e. The fourth-order valence-electron chi connectivity index (χ4n) is 4.50. The Kier molecular flexibility index (Phi) is 6.50. The molecule has 1 aliphatic heterocycles. The van der Waals surface area contributed by atoms with Gasteiger partial charge >= 0.3 is 0 Å². The smallest absolute Gasteiger partial charge is 0.255 e. The van der Waals surface area contributed by atoms with Crippen molar-refractivity contribution in [3.05, 3.63) is 65.3 Å². The molecule has 0 radical (unpaired) electrons. The Balaban J connectivity index is 1.29. The Morgan fingerprint density at radius 2 is 2.14 bits per heavy atom. The average Bonchev–Trinajstić information content (AvgIpc) is 3.31. The zero-order chi connectivity index (χ0) is 24.4. The molecule has 1 aliphatic rings. The van der Waals surface area contributed by atoms with Gasteiger partial charge in [0, 0.05) is 55.7 Å². The van der Waals surface area contributed by atoms with Gasteiger partial charge in [-0.1, -0.05) is 23.7 Å². The lowest BCUT2D eigenvalue weighted by Crippen LogP contribution is -2.42. The number of carbonyl (C=O) groups excluding carboxylic acids is 1. The number of para-hydroxylation sites is 1. The number of carbonyl (C=O) groups is 1. The molecule has 4 heterocycles. The number of pyridine rings is 1. The predicted octanol–water partition coefficient (Wildman–Crippen LogP) is 4.82. The molecule has 0 saturated carbocycles. The number of H-pyrrole nitrogens is 1. The van der Waals surface area contributed by atoms with Crippen LogP contribution in [0.25, 0.3) is 22.4 Å². The van der Waals surface area contributed by atoms with Gasteiger partial charge in [-0.2, -0.15) is 0 Å². The van der Waals surface area contributed by atoms with Crippen LogP contribution in [0.5, 0.6) is 0 Å². The van der Waals surface area contributed by atoms with Crippen molar-refractivity contribution in [2.45, 2.75) is 12.8 Å². The third-order valence-corrected chi connectivity index (χ3v) is 6.48. The fraction of sp³-hybridized carbons (Fsp3) is 0.280. The number of hydrogen-bond acceptors (Lipinski definition) is 6. The largest absolute Gasteiger partial charge is 0.387 e. The molecule has 10 heteroatoms. The molecule has 1 aromatic carbocycles. The minimum Gasteiger partial charge on any atom is -0.387 e. The molecule has 180 valence electrons. The number of aromatic amines is 1. The monoisotopic (exact) mass is 493 g/mol. The number of fused-ring (bicyclic) bond motifs is 1. The molecular formula is C25H25ClFN7O. The van der Waals surface area contributed by atoms with Gasteiger partial charge in [-0.05, 0) is 37.0 Å². The van der Waals surface area contributed by atoms with Crippen molar-refractivity contribution in [3.63, 3.8) is 0 Å². The lowest BCUT2D eigenvalue weighted by Gasteiger charge is -2.33. The predicted molar refractivity (Wildman–Crippen MR) is 135 cm³/mol. The Bertz CT molecular complexity index is 1380. The lowest BCUT2D eigenvalue weighted by atomic mass is 9.97. The summed E-state index contributed by atoms with van der Waals surface area (Å²) in [4.78, 5) is 30.9. The normalized spacial score (nSPS) is 15.9. The standard InChI is InChI=1S/C25H25ClFN7O/c1-28-21-7-3-2-6-17(21)25(35)34-8-4-5-15(14-34)10-29-24-20(27)13-32-23(33-24)19-12-31-22-18(19)9-16(26)11-30-22/h2-3,6-7,9,11-13,15,28H,4-5,8,10,14H2,1H3,(H,30,31)(H,29,32,33). The number of hydrogen-bond donors (Lipinski definition) is 3. The van der Waals surface area contributed by atoms with Crippen LogP contribution in [0, 0.1) is 11.7 Å². The van der Waals surface area contributed by atoms with Crippen molar-refractivity contribution in [2.75, 3.05) is 37.3 Å². The molecule has 0 aliphatic carbocycles. The summed E-state index contributed by atoms with van der Waals surface area (Å²) in [7, 11) is 1.81. The Morgan fingerprint density at radius 1 is 1.29 bits per heavy atom. The number of likely N-dealkylation sites (tertiary alicyclic amines) is 1. The molecule has 1 unspecified atom stereocenters. The van der Waals surface area contributed by atoms with Crippen LogP contribution in [-0.2, 0) is 0 Å². The van der Waals surface area contributed by atoms with Crippen LogP contribution < -0.4 is 10.6 Å². The third kappa shape index (κ3) is 4.77. The zero-order valence-electron chi connectivity index (χ0n) is 19.2. The van der Waals surface area contributed by atoms with Crippen molar-refractivity contribution in [3.8, 4) is 11.4 Å². The van der Waals surface area contributed by atoms with Gasteiger partial charge in [0.1, 0.15) is 5.65 Å². The number of nitrogens with one attached hydrogen (secondary N) is 3. The summed E-state index contributed by atoms with van der Waals surface area (Å²) in [6, 6.07) is 9.27. The Labute approximate surface area is 206 Å². The van der Waals surface area contributed by atoms with Crippen LogP contribution in [-0.4, -0.2) is 57.4 Å². The van der Waals surface area contributed by atoms with Gasteiger partial charge in [-0.25, -0.2) is 19.3 Å². The van der Waals surface area contributed by atoms with E-state index in [1.165, 1.54) is 0 Å². The summed E-state index contributed by atoms with van der Waals surface area (Å²) in [6.45, 7) is 1.79. The Hall–Kier alpha value is -3.72. The van der Waals surface area contributed by atoms with Gasteiger partial charge in [0.2, 0.25) is 0 Å². The van der Waals surface area contributed by atoms with Gasteiger partial charge in [-0.3, -0.25) is 4.79 Å². The van der Waals surface area contributed by atoms with Gasteiger partial charge in [0.05, 0.1) is 16.8 Å². The highest BCUT2D eigenvalue weighted by Crippen LogP contribution is 2.28. The summed E-state index contributed by atoms with van der Waals surface area (Å²) in [6.07, 6.45) is 6.28.